The molecule has 0 radical (unpaired) electrons. The van der Waals surface area contributed by atoms with Gasteiger partial charge in [-0.05, 0) is 37.9 Å². The van der Waals surface area contributed by atoms with Crippen LogP contribution in [-0.4, -0.2) is 24.2 Å². The Labute approximate surface area is 139 Å². The number of hydrogen-bond acceptors (Lipinski definition) is 6. The number of anilines is 3. The fraction of sp³-hybridized carbons (Fsp3) is 0.231. The third-order valence-electron chi connectivity index (χ3n) is 2.57. The second-order valence-electron chi connectivity index (χ2n) is 4.12. The lowest BCUT2D eigenvalue weighted by Gasteiger charge is -2.12. The highest BCUT2D eigenvalue weighted by Gasteiger charge is 2.09. The quantitative estimate of drug-likeness (QED) is 0.774. The Morgan fingerprint density at radius 3 is 2.57 bits per heavy atom. The van der Waals surface area contributed by atoms with E-state index in [1.807, 2.05) is 12.1 Å². The van der Waals surface area contributed by atoms with E-state index < -0.39 is 0 Å². The van der Waals surface area contributed by atoms with Crippen molar-refractivity contribution in [3.63, 3.8) is 0 Å². The zero-order valence-electron chi connectivity index (χ0n) is 11.5. The molecular formula is C13H14Br2N4O2. The Morgan fingerprint density at radius 2 is 1.90 bits per heavy atom. The SMILES string of the molecule is COCc1nc(N)cc(Nc2cc(OC)c(Br)cc2Br)n1. The summed E-state index contributed by atoms with van der Waals surface area (Å²) in [6.45, 7) is 0.296. The van der Waals surface area contributed by atoms with E-state index >= 15 is 0 Å². The number of ether oxygens (including phenoxy) is 2. The van der Waals surface area contributed by atoms with Gasteiger partial charge < -0.3 is 20.5 Å². The number of rotatable bonds is 5. The minimum Gasteiger partial charge on any atom is -0.495 e. The topological polar surface area (TPSA) is 82.3 Å². The molecule has 1 aromatic carbocycles. The molecule has 0 unspecified atom stereocenters. The van der Waals surface area contributed by atoms with Crippen molar-refractivity contribution < 1.29 is 9.47 Å². The molecule has 3 N–H and O–H groups in total. The van der Waals surface area contributed by atoms with Crippen molar-refractivity contribution in [1.29, 1.82) is 0 Å². The fourth-order valence-electron chi connectivity index (χ4n) is 1.69. The monoisotopic (exact) mass is 416 g/mol. The van der Waals surface area contributed by atoms with Crippen LogP contribution in [0.2, 0.25) is 0 Å². The van der Waals surface area contributed by atoms with Crippen LogP contribution in [0.5, 0.6) is 5.75 Å². The van der Waals surface area contributed by atoms with E-state index in [2.05, 4.69) is 47.1 Å². The second-order valence-corrected chi connectivity index (χ2v) is 5.83. The fourth-order valence-corrected chi connectivity index (χ4v) is 2.95. The summed E-state index contributed by atoms with van der Waals surface area (Å²) >= 11 is 6.91. The van der Waals surface area contributed by atoms with E-state index in [0.29, 0.717) is 29.8 Å². The molecule has 0 aliphatic carbocycles. The molecule has 0 spiro atoms. The molecule has 0 fully saturated rings. The molecule has 0 saturated heterocycles. The number of nitrogens with one attached hydrogen (secondary N) is 1. The molecule has 112 valence electrons. The first-order chi connectivity index (χ1) is 10.0. The van der Waals surface area contributed by atoms with E-state index in [9.17, 15) is 0 Å². The lowest BCUT2D eigenvalue weighted by atomic mass is 10.3. The third kappa shape index (κ3) is 4.05. The number of nitrogens with two attached hydrogens (primary N) is 1. The van der Waals surface area contributed by atoms with Gasteiger partial charge in [-0.3, -0.25) is 0 Å². The summed E-state index contributed by atoms with van der Waals surface area (Å²) in [7, 11) is 3.19. The van der Waals surface area contributed by atoms with Gasteiger partial charge in [-0.1, -0.05) is 0 Å². The summed E-state index contributed by atoms with van der Waals surface area (Å²) in [6, 6.07) is 5.39. The molecule has 8 heteroatoms. The summed E-state index contributed by atoms with van der Waals surface area (Å²) in [5.74, 6) is 2.18. The number of aromatic nitrogens is 2. The molecule has 0 saturated carbocycles. The first-order valence-corrected chi connectivity index (χ1v) is 7.54. The van der Waals surface area contributed by atoms with Crippen molar-refractivity contribution in [2.45, 2.75) is 6.61 Å². The van der Waals surface area contributed by atoms with Gasteiger partial charge in [0.1, 0.15) is 24.0 Å². The molecule has 1 aromatic heterocycles. The second kappa shape index (κ2) is 7.06. The standard InChI is InChI=1S/C13H14Br2N4O2/c1-20-6-13-18-11(16)5-12(19-13)17-9-4-10(21-2)8(15)3-7(9)14/h3-5H,6H2,1-2H3,(H3,16,17,18,19). The van der Waals surface area contributed by atoms with Crippen molar-refractivity contribution in [3.8, 4) is 5.75 Å². The van der Waals surface area contributed by atoms with Gasteiger partial charge in [-0.2, -0.15) is 0 Å². The maximum atomic E-state index is 5.77. The zero-order chi connectivity index (χ0) is 15.4. The first kappa shape index (κ1) is 16.0. The van der Waals surface area contributed by atoms with Crippen LogP contribution in [0, 0.1) is 0 Å². The van der Waals surface area contributed by atoms with Gasteiger partial charge in [0.15, 0.2) is 5.82 Å². The molecule has 0 amide bonds. The van der Waals surface area contributed by atoms with E-state index in [4.69, 9.17) is 15.2 Å². The van der Waals surface area contributed by atoms with Crippen LogP contribution < -0.4 is 15.8 Å². The van der Waals surface area contributed by atoms with Crippen molar-refractivity contribution in [2.24, 2.45) is 0 Å². The number of hydrogen-bond donors (Lipinski definition) is 2. The smallest absolute Gasteiger partial charge is 0.158 e. The van der Waals surface area contributed by atoms with Crippen molar-refractivity contribution in [1.82, 2.24) is 9.97 Å². The lowest BCUT2D eigenvalue weighted by Crippen LogP contribution is -2.04. The van der Waals surface area contributed by atoms with Gasteiger partial charge in [-0.25, -0.2) is 9.97 Å². The summed E-state index contributed by atoms with van der Waals surface area (Å²) in [5, 5.41) is 3.18. The Morgan fingerprint density at radius 1 is 1.14 bits per heavy atom. The van der Waals surface area contributed by atoms with Crippen LogP contribution in [0.1, 0.15) is 5.82 Å². The maximum Gasteiger partial charge on any atom is 0.158 e. The minimum atomic E-state index is 0.296. The number of benzene rings is 1. The van der Waals surface area contributed by atoms with Gasteiger partial charge in [0, 0.05) is 23.7 Å². The van der Waals surface area contributed by atoms with Gasteiger partial charge in [0.05, 0.1) is 17.3 Å². The van der Waals surface area contributed by atoms with Crippen LogP contribution in [0.15, 0.2) is 27.1 Å². The lowest BCUT2D eigenvalue weighted by molar-refractivity contribution is 0.178. The van der Waals surface area contributed by atoms with Gasteiger partial charge in [0.2, 0.25) is 0 Å². The van der Waals surface area contributed by atoms with Gasteiger partial charge in [0.25, 0.3) is 0 Å². The molecule has 0 aliphatic rings. The highest BCUT2D eigenvalue weighted by atomic mass is 79.9. The normalized spacial score (nSPS) is 10.5. The minimum absolute atomic E-state index is 0.296. The van der Waals surface area contributed by atoms with Crippen molar-refractivity contribution in [2.75, 3.05) is 25.3 Å². The summed E-state index contributed by atoms with van der Waals surface area (Å²) in [5.41, 5.74) is 6.57. The Bertz CT molecular complexity index is 652. The Kier molecular flexibility index (Phi) is 5.38. The van der Waals surface area contributed by atoms with Crippen molar-refractivity contribution in [3.05, 3.63) is 33.0 Å². The molecule has 2 rings (SSSR count). The maximum absolute atomic E-state index is 5.77. The zero-order valence-corrected chi connectivity index (χ0v) is 14.7. The van der Waals surface area contributed by atoms with E-state index in [0.717, 1.165) is 14.6 Å². The molecule has 1 heterocycles. The average Bonchev–Trinajstić information content (AvgIpc) is 2.41. The van der Waals surface area contributed by atoms with Crippen LogP contribution in [0.3, 0.4) is 0 Å². The molecule has 0 bridgehead atoms. The van der Waals surface area contributed by atoms with Gasteiger partial charge in [-0.15, -0.1) is 0 Å². The third-order valence-corrected chi connectivity index (χ3v) is 3.85. The number of methoxy groups -OCH3 is 2. The Hall–Kier alpha value is -1.38. The van der Waals surface area contributed by atoms with Gasteiger partial charge >= 0.3 is 0 Å². The Balaban J connectivity index is 2.33. The predicted molar refractivity (Wildman–Crippen MR) is 88.8 cm³/mol. The molecule has 21 heavy (non-hydrogen) atoms. The molecule has 2 aromatic rings. The number of halogens is 2. The van der Waals surface area contributed by atoms with Crippen molar-refractivity contribution >= 4 is 49.2 Å². The first-order valence-electron chi connectivity index (χ1n) is 5.96. The predicted octanol–water partition coefficient (Wildman–Crippen LogP) is 3.48. The van der Waals surface area contributed by atoms with E-state index in [1.165, 1.54) is 0 Å². The molecule has 0 atom stereocenters. The highest BCUT2D eigenvalue weighted by molar-refractivity contribution is 9.11. The van der Waals surface area contributed by atoms with E-state index in [-0.39, 0.29) is 0 Å². The number of nitrogens with zero attached hydrogens (tertiary/aromatic N) is 2. The highest BCUT2D eigenvalue weighted by Crippen LogP contribution is 2.35. The molecule has 0 aliphatic heterocycles. The van der Waals surface area contributed by atoms with E-state index in [1.54, 1.807) is 20.3 Å². The van der Waals surface area contributed by atoms with Crippen LogP contribution in [0.4, 0.5) is 17.3 Å². The number of nitrogen functional groups attached to an aromatic ring is 1. The van der Waals surface area contributed by atoms with Crippen LogP contribution in [0.25, 0.3) is 0 Å². The average molecular weight is 418 g/mol. The molecule has 6 nitrogen and oxygen atoms in total. The van der Waals surface area contributed by atoms with Crippen LogP contribution in [-0.2, 0) is 11.3 Å². The molecular weight excluding hydrogens is 404 g/mol. The van der Waals surface area contributed by atoms with Crippen LogP contribution >= 0.6 is 31.9 Å². The summed E-state index contributed by atoms with van der Waals surface area (Å²) in [4.78, 5) is 8.43. The largest absolute Gasteiger partial charge is 0.495 e. The summed E-state index contributed by atoms with van der Waals surface area (Å²) in [6.07, 6.45) is 0. The summed E-state index contributed by atoms with van der Waals surface area (Å²) < 4.78 is 12.0.